The van der Waals surface area contributed by atoms with E-state index < -0.39 is 46.7 Å². The number of aryl methyl sites for hydroxylation is 1. The normalized spacial score (nSPS) is 19.2. The summed E-state index contributed by atoms with van der Waals surface area (Å²) in [5, 5.41) is 5.57. The van der Waals surface area contributed by atoms with Crippen LogP contribution in [0.15, 0.2) is 47.4 Å². The van der Waals surface area contributed by atoms with Crippen molar-refractivity contribution in [2.45, 2.75) is 43.8 Å². The second-order valence-corrected chi connectivity index (χ2v) is 11.0. The minimum atomic E-state index is -1.40. The van der Waals surface area contributed by atoms with E-state index in [2.05, 4.69) is 10.6 Å². The van der Waals surface area contributed by atoms with Crippen molar-refractivity contribution in [2.24, 2.45) is 0 Å². The average molecular weight is 627 g/mol. The summed E-state index contributed by atoms with van der Waals surface area (Å²) < 4.78 is 53.0. The molecule has 1 aliphatic heterocycles. The number of fused-ring (bicyclic) bond motifs is 1. The number of nitrogens with one attached hydrogen (secondary N) is 2. The number of pyridine rings is 1. The van der Waals surface area contributed by atoms with Crippen molar-refractivity contribution in [3.63, 3.8) is 0 Å². The Morgan fingerprint density at radius 2 is 1.67 bits per heavy atom. The summed E-state index contributed by atoms with van der Waals surface area (Å²) in [7, 11) is 5.72. The van der Waals surface area contributed by atoms with E-state index in [1.165, 1.54) is 38.2 Å². The summed E-state index contributed by atoms with van der Waals surface area (Å²) in [5.74, 6) is -2.99. The molecule has 2 N–H and O–H groups in total. The molecule has 13 heteroatoms. The number of carbonyl (C=O) groups is 2. The highest BCUT2D eigenvalue weighted by atomic mass is 19.1. The van der Waals surface area contributed by atoms with Gasteiger partial charge in [-0.25, -0.2) is 13.6 Å². The molecular formula is C32H36F2N4O7. The molecule has 45 heavy (non-hydrogen) atoms. The summed E-state index contributed by atoms with van der Waals surface area (Å²) in [6, 6.07) is 7.01. The van der Waals surface area contributed by atoms with Gasteiger partial charge in [-0.2, -0.15) is 0 Å². The van der Waals surface area contributed by atoms with Crippen LogP contribution in [0.2, 0.25) is 0 Å². The van der Waals surface area contributed by atoms with Gasteiger partial charge in [-0.05, 0) is 48.6 Å². The fourth-order valence-corrected chi connectivity index (χ4v) is 6.06. The third kappa shape index (κ3) is 6.44. The monoisotopic (exact) mass is 626 g/mol. The van der Waals surface area contributed by atoms with Gasteiger partial charge in [0.1, 0.15) is 34.9 Å². The first-order chi connectivity index (χ1) is 21.7. The smallest absolute Gasteiger partial charge is 0.315 e. The molecule has 240 valence electrons. The minimum absolute atomic E-state index is 0.0434. The molecule has 1 aliphatic carbocycles. The standard InChI is InChI=1S/C32H36F2N4O7/c1-42-12-11-37-10-9-26(45-4)29(31(37)40)38-17-23(27-24(33)15-22(44-3)16-25(27)34)28(30(38)39)36-32(41)35-20-7-5-19-14-21(43-2)8-6-18(19)13-20/h6,8-10,14-16,20,23,28H,5,7,11-13,17H2,1-4H3,(H2,35,36,41)/t20?,23-,28-/m0/s1. The van der Waals surface area contributed by atoms with Crippen LogP contribution in [0.4, 0.5) is 19.3 Å². The van der Waals surface area contributed by atoms with Crippen molar-refractivity contribution in [3.8, 4) is 17.2 Å². The molecular weight excluding hydrogens is 590 g/mol. The number of hydrogen-bond acceptors (Lipinski definition) is 7. The van der Waals surface area contributed by atoms with E-state index >= 15 is 8.78 Å². The quantitative estimate of drug-likeness (QED) is 0.355. The van der Waals surface area contributed by atoms with Crippen LogP contribution in [0.3, 0.4) is 0 Å². The number of carbonyl (C=O) groups excluding carboxylic acids is 2. The number of halogens is 2. The summed E-state index contributed by atoms with van der Waals surface area (Å²) in [6.45, 7) is 0.122. The van der Waals surface area contributed by atoms with Crippen LogP contribution in [0.1, 0.15) is 29.0 Å². The Bertz CT molecular complexity index is 1620. The van der Waals surface area contributed by atoms with E-state index in [-0.39, 0.29) is 42.9 Å². The van der Waals surface area contributed by atoms with Gasteiger partial charge in [0.15, 0.2) is 5.69 Å². The maximum absolute atomic E-state index is 15.4. The second kappa shape index (κ2) is 13.6. The van der Waals surface area contributed by atoms with Gasteiger partial charge in [0.05, 0.1) is 27.9 Å². The van der Waals surface area contributed by atoms with Gasteiger partial charge in [-0.3, -0.25) is 9.59 Å². The number of aromatic nitrogens is 1. The van der Waals surface area contributed by atoms with Gasteiger partial charge >= 0.3 is 6.03 Å². The number of anilines is 1. The summed E-state index contributed by atoms with van der Waals surface area (Å²) in [6.07, 6.45) is 3.42. The average Bonchev–Trinajstić information content (AvgIpc) is 3.33. The van der Waals surface area contributed by atoms with E-state index in [0.29, 0.717) is 19.3 Å². The fraction of sp³-hybridized carbons (Fsp3) is 0.406. The lowest BCUT2D eigenvalue weighted by Crippen LogP contribution is -2.51. The Labute approximate surface area is 259 Å². The SMILES string of the molecule is COCCn1ccc(OC)c(N2C[C@@H](c3c(F)cc(OC)cc3F)[C@H](NC(=O)NC3CCc4cc(OC)ccc4C3)C2=O)c1=O. The highest BCUT2D eigenvalue weighted by Crippen LogP contribution is 2.38. The van der Waals surface area contributed by atoms with Crippen LogP contribution < -0.4 is 35.3 Å². The number of amides is 3. The topological polar surface area (TPSA) is 120 Å². The Kier molecular flexibility index (Phi) is 9.57. The third-order valence-corrected chi connectivity index (χ3v) is 8.37. The summed E-state index contributed by atoms with van der Waals surface area (Å²) >= 11 is 0. The molecule has 3 atom stereocenters. The molecule has 2 aromatic carbocycles. The Hall–Kier alpha value is -4.65. The molecule has 5 rings (SSSR count). The Balaban J connectivity index is 1.45. The molecule has 3 amide bonds. The largest absolute Gasteiger partial charge is 0.497 e. The Morgan fingerprint density at radius 1 is 0.933 bits per heavy atom. The van der Waals surface area contributed by atoms with Gasteiger partial charge in [0, 0.05) is 56.1 Å². The second-order valence-electron chi connectivity index (χ2n) is 11.0. The van der Waals surface area contributed by atoms with Gasteiger partial charge < -0.3 is 39.0 Å². The predicted molar refractivity (Wildman–Crippen MR) is 161 cm³/mol. The van der Waals surface area contributed by atoms with Gasteiger partial charge in [0.2, 0.25) is 0 Å². The molecule has 1 saturated heterocycles. The lowest BCUT2D eigenvalue weighted by Gasteiger charge is -2.27. The van der Waals surface area contributed by atoms with Crippen LogP contribution in [0.25, 0.3) is 0 Å². The molecule has 0 spiro atoms. The molecule has 0 radical (unpaired) electrons. The lowest BCUT2D eigenvalue weighted by molar-refractivity contribution is -0.118. The molecule has 0 bridgehead atoms. The van der Waals surface area contributed by atoms with E-state index in [0.717, 1.165) is 33.9 Å². The summed E-state index contributed by atoms with van der Waals surface area (Å²) in [5.41, 5.74) is 1.12. The van der Waals surface area contributed by atoms with Gasteiger partial charge in [-0.15, -0.1) is 0 Å². The van der Waals surface area contributed by atoms with E-state index in [9.17, 15) is 14.4 Å². The van der Waals surface area contributed by atoms with E-state index in [1.807, 2.05) is 18.2 Å². The summed E-state index contributed by atoms with van der Waals surface area (Å²) in [4.78, 5) is 42.0. The minimum Gasteiger partial charge on any atom is -0.497 e. The molecule has 1 aromatic heterocycles. The van der Waals surface area contributed by atoms with Crippen molar-refractivity contribution in [3.05, 3.63) is 81.3 Å². The molecule has 3 aromatic rings. The molecule has 2 heterocycles. The molecule has 0 saturated carbocycles. The number of benzene rings is 2. The number of ether oxygens (including phenoxy) is 4. The first-order valence-electron chi connectivity index (χ1n) is 14.5. The fourth-order valence-electron chi connectivity index (χ4n) is 6.06. The first kappa shape index (κ1) is 31.8. The van der Waals surface area contributed by atoms with Crippen LogP contribution in [-0.4, -0.2) is 70.2 Å². The van der Waals surface area contributed by atoms with Crippen LogP contribution >= 0.6 is 0 Å². The maximum atomic E-state index is 15.4. The third-order valence-electron chi connectivity index (χ3n) is 8.37. The number of hydrogen-bond donors (Lipinski definition) is 2. The van der Waals surface area contributed by atoms with Crippen molar-refractivity contribution in [1.82, 2.24) is 15.2 Å². The zero-order valence-corrected chi connectivity index (χ0v) is 25.5. The van der Waals surface area contributed by atoms with Gasteiger partial charge in [0.25, 0.3) is 11.5 Å². The van der Waals surface area contributed by atoms with Crippen LogP contribution in [0.5, 0.6) is 17.2 Å². The molecule has 1 unspecified atom stereocenters. The lowest BCUT2D eigenvalue weighted by atomic mass is 9.88. The Morgan fingerprint density at radius 3 is 2.33 bits per heavy atom. The van der Waals surface area contributed by atoms with E-state index in [1.54, 1.807) is 7.11 Å². The number of nitrogens with zero attached hydrogens (tertiary/aromatic N) is 2. The zero-order valence-electron chi connectivity index (χ0n) is 25.5. The highest BCUT2D eigenvalue weighted by Gasteiger charge is 2.47. The maximum Gasteiger partial charge on any atom is 0.315 e. The van der Waals surface area contributed by atoms with Crippen LogP contribution in [0, 0.1) is 11.6 Å². The van der Waals surface area contributed by atoms with E-state index in [4.69, 9.17) is 18.9 Å². The molecule has 2 aliphatic rings. The van der Waals surface area contributed by atoms with Crippen LogP contribution in [-0.2, 0) is 28.9 Å². The predicted octanol–water partition coefficient (Wildman–Crippen LogP) is 3.15. The van der Waals surface area contributed by atoms with Crippen molar-refractivity contribution >= 4 is 17.6 Å². The first-order valence-corrected chi connectivity index (χ1v) is 14.5. The van der Waals surface area contributed by atoms with Crippen molar-refractivity contribution in [1.29, 1.82) is 0 Å². The number of methoxy groups -OCH3 is 4. The number of urea groups is 1. The molecule has 11 nitrogen and oxygen atoms in total. The van der Waals surface area contributed by atoms with Crippen molar-refractivity contribution in [2.75, 3.05) is 46.5 Å². The zero-order chi connectivity index (χ0) is 32.2. The number of rotatable bonds is 10. The van der Waals surface area contributed by atoms with Crippen molar-refractivity contribution < 1.29 is 37.3 Å². The highest BCUT2D eigenvalue weighted by molar-refractivity contribution is 6.03. The molecule has 1 fully saturated rings. The van der Waals surface area contributed by atoms with Gasteiger partial charge in [-0.1, -0.05) is 6.07 Å².